The van der Waals surface area contributed by atoms with E-state index < -0.39 is 0 Å². The van der Waals surface area contributed by atoms with E-state index in [0.717, 1.165) is 43.5 Å². The lowest BCUT2D eigenvalue weighted by atomic mass is 9.94. The molecule has 0 aromatic heterocycles. The molecule has 1 saturated carbocycles. The van der Waals surface area contributed by atoms with Gasteiger partial charge in [-0.1, -0.05) is 31.9 Å². The maximum Gasteiger partial charge on any atom is 0.226 e. The largest absolute Gasteiger partial charge is 0.491 e. The number of hydrogen-bond donors (Lipinski definition) is 2. The quantitative estimate of drug-likeness (QED) is 0.839. The second kappa shape index (κ2) is 6.75. The molecule has 1 aliphatic rings. The van der Waals surface area contributed by atoms with Gasteiger partial charge in [-0.05, 0) is 31.4 Å². The lowest BCUT2D eigenvalue weighted by Gasteiger charge is -2.23. The highest BCUT2D eigenvalue weighted by Gasteiger charge is 2.31. The van der Waals surface area contributed by atoms with Crippen LogP contribution in [0.2, 0.25) is 0 Å². The number of anilines is 1. The Morgan fingerprint density at radius 3 is 2.75 bits per heavy atom. The fourth-order valence-corrected chi connectivity index (χ4v) is 2.68. The number of carbonyl (C=O) groups is 1. The zero-order chi connectivity index (χ0) is 14.4. The summed E-state index contributed by atoms with van der Waals surface area (Å²) >= 11 is 0. The third-order valence-corrected chi connectivity index (χ3v) is 3.73. The van der Waals surface area contributed by atoms with Crippen LogP contribution >= 0.6 is 0 Å². The molecular formula is C16H24N2O2. The molecule has 3 N–H and O–H groups in total. The first-order valence-corrected chi connectivity index (χ1v) is 7.43. The predicted octanol–water partition coefficient (Wildman–Crippen LogP) is 3.08. The topological polar surface area (TPSA) is 64.3 Å². The number of nitrogens with two attached hydrogens (primary N) is 1. The number of ether oxygens (including phenoxy) is 1. The van der Waals surface area contributed by atoms with Crippen LogP contribution in [0.1, 0.15) is 45.4 Å². The lowest BCUT2D eigenvalue weighted by Crippen LogP contribution is -2.40. The normalized spacial score (nSPS) is 16.9. The van der Waals surface area contributed by atoms with Crippen molar-refractivity contribution >= 4 is 11.6 Å². The van der Waals surface area contributed by atoms with Gasteiger partial charge in [0, 0.05) is 12.0 Å². The van der Waals surface area contributed by atoms with Gasteiger partial charge in [0.15, 0.2) is 0 Å². The number of hydrogen-bond acceptors (Lipinski definition) is 3. The molecule has 0 atom stereocenters. The van der Waals surface area contributed by atoms with E-state index in [9.17, 15) is 4.79 Å². The first-order valence-electron chi connectivity index (χ1n) is 7.43. The minimum atomic E-state index is -0.316. The van der Waals surface area contributed by atoms with Crippen LogP contribution in [-0.4, -0.2) is 18.1 Å². The summed E-state index contributed by atoms with van der Waals surface area (Å²) in [4.78, 5) is 12.2. The van der Waals surface area contributed by atoms with E-state index in [0.29, 0.717) is 13.0 Å². The summed E-state index contributed by atoms with van der Waals surface area (Å²) in [5.74, 6) is 0.696. The summed E-state index contributed by atoms with van der Waals surface area (Å²) in [5, 5.41) is 2.93. The highest BCUT2D eigenvalue weighted by molar-refractivity contribution is 5.93. The molecule has 1 fully saturated rings. The molecule has 2 rings (SSSR count). The predicted molar refractivity (Wildman–Crippen MR) is 80.9 cm³/mol. The maximum absolute atomic E-state index is 12.2. The van der Waals surface area contributed by atoms with E-state index in [1.807, 2.05) is 24.3 Å². The zero-order valence-corrected chi connectivity index (χ0v) is 12.2. The van der Waals surface area contributed by atoms with E-state index >= 15 is 0 Å². The van der Waals surface area contributed by atoms with Crippen LogP contribution in [0.15, 0.2) is 24.3 Å². The van der Waals surface area contributed by atoms with Crippen molar-refractivity contribution in [3.05, 3.63) is 24.3 Å². The summed E-state index contributed by atoms with van der Waals surface area (Å²) < 4.78 is 5.64. The molecule has 0 radical (unpaired) electrons. The Morgan fingerprint density at radius 1 is 1.35 bits per heavy atom. The minimum absolute atomic E-state index is 0.0260. The van der Waals surface area contributed by atoms with Gasteiger partial charge in [0.2, 0.25) is 5.91 Å². The molecule has 0 bridgehead atoms. The molecule has 0 spiro atoms. The van der Waals surface area contributed by atoms with Crippen molar-refractivity contribution in [1.82, 2.24) is 0 Å². The highest BCUT2D eigenvalue weighted by atomic mass is 16.5. The number of rotatable bonds is 6. The van der Waals surface area contributed by atoms with Crippen LogP contribution < -0.4 is 15.8 Å². The van der Waals surface area contributed by atoms with Crippen molar-refractivity contribution in [1.29, 1.82) is 0 Å². The SMILES string of the molecule is CCCOc1ccccc1NC(=O)CC1(N)CCCC1. The van der Waals surface area contributed by atoms with E-state index in [-0.39, 0.29) is 11.4 Å². The van der Waals surface area contributed by atoms with E-state index in [2.05, 4.69) is 12.2 Å². The van der Waals surface area contributed by atoms with Crippen molar-refractivity contribution in [2.45, 2.75) is 51.0 Å². The van der Waals surface area contributed by atoms with Crippen molar-refractivity contribution in [2.24, 2.45) is 5.73 Å². The fraction of sp³-hybridized carbons (Fsp3) is 0.562. The van der Waals surface area contributed by atoms with Crippen molar-refractivity contribution in [2.75, 3.05) is 11.9 Å². The lowest BCUT2D eigenvalue weighted by molar-refractivity contribution is -0.117. The van der Waals surface area contributed by atoms with Crippen LogP contribution in [0, 0.1) is 0 Å². The zero-order valence-electron chi connectivity index (χ0n) is 12.2. The monoisotopic (exact) mass is 276 g/mol. The molecule has 1 aromatic carbocycles. The van der Waals surface area contributed by atoms with Crippen molar-refractivity contribution in [3.63, 3.8) is 0 Å². The molecule has 0 heterocycles. The molecule has 20 heavy (non-hydrogen) atoms. The van der Waals surface area contributed by atoms with Gasteiger partial charge >= 0.3 is 0 Å². The van der Waals surface area contributed by atoms with Crippen LogP contribution in [-0.2, 0) is 4.79 Å². The Labute approximate surface area is 120 Å². The van der Waals surface area contributed by atoms with Crippen LogP contribution in [0.3, 0.4) is 0 Å². The van der Waals surface area contributed by atoms with Crippen LogP contribution in [0.5, 0.6) is 5.75 Å². The molecule has 4 heteroatoms. The molecule has 1 aliphatic carbocycles. The number of carbonyl (C=O) groups excluding carboxylic acids is 1. The molecule has 0 aliphatic heterocycles. The van der Waals surface area contributed by atoms with E-state index in [4.69, 9.17) is 10.5 Å². The van der Waals surface area contributed by atoms with Gasteiger partial charge < -0.3 is 15.8 Å². The average Bonchev–Trinajstić information content (AvgIpc) is 2.84. The van der Waals surface area contributed by atoms with Gasteiger partial charge in [0.1, 0.15) is 5.75 Å². The number of amides is 1. The van der Waals surface area contributed by atoms with Gasteiger partial charge in [0.05, 0.1) is 12.3 Å². The van der Waals surface area contributed by atoms with Gasteiger partial charge in [0.25, 0.3) is 0 Å². The molecule has 1 aromatic rings. The summed E-state index contributed by atoms with van der Waals surface area (Å²) in [6.07, 6.45) is 5.45. The third kappa shape index (κ3) is 3.97. The smallest absolute Gasteiger partial charge is 0.226 e. The molecular weight excluding hydrogens is 252 g/mol. The summed E-state index contributed by atoms with van der Waals surface area (Å²) in [6.45, 7) is 2.70. The summed E-state index contributed by atoms with van der Waals surface area (Å²) in [5.41, 5.74) is 6.65. The summed E-state index contributed by atoms with van der Waals surface area (Å²) in [7, 11) is 0. The fourth-order valence-electron chi connectivity index (χ4n) is 2.68. The average molecular weight is 276 g/mol. The van der Waals surface area contributed by atoms with Crippen molar-refractivity contribution < 1.29 is 9.53 Å². The Morgan fingerprint density at radius 2 is 2.05 bits per heavy atom. The van der Waals surface area contributed by atoms with E-state index in [1.54, 1.807) is 0 Å². The number of nitrogens with one attached hydrogen (secondary N) is 1. The third-order valence-electron chi connectivity index (χ3n) is 3.73. The molecule has 110 valence electrons. The molecule has 1 amide bonds. The standard InChI is InChI=1S/C16H24N2O2/c1-2-11-20-14-8-4-3-7-13(14)18-15(19)12-16(17)9-5-6-10-16/h3-4,7-8H,2,5-6,9-12,17H2,1H3,(H,18,19). The minimum Gasteiger partial charge on any atom is -0.491 e. The summed E-state index contributed by atoms with van der Waals surface area (Å²) in [6, 6.07) is 7.53. The Kier molecular flexibility index (Phi) is 5.01. The van der Waals surface area contributed by atoms with E-state index in [1.165, 1.54) is 0 Å². The van der Waals surface area contributed by atoms with Crippen molar-refractivity contribution in [3.8, 4) is 5.75 Å². The Hall–Kier alpha value is -1.55. The number of benzene rings is 1. The molecule has 4 nitrogen and oxygen atoms in total. The molecule has 0 saturated heterocycles. The highest BCUT2D eigenvalue weighted by Crippen LogP contribution is 2.31. The van der Waals surface area contributed by atoms with Gasteiger partial charge in [-0.15, -0.1) is 0 Å². The second-order valence-electron chi connectivity index (χ2n) is 5.64. The first kappa shape index (κ1) is 14.9. The van der Waals surface area contributed by atoms with Gasteiger partial charge in [-0.2, -0.15) is 0 Å². The van der Waals surface area contributed by atoms with Crippen LogP contribution in [0.4, 0.5) is 5.69 Å². The Bertz CT molecular complexity index is 454. The molecule has 0 unspecified atom stereocenters. The van der Waals surface area contributed by atoms with Gasteiger partial charge in [-0.3, -0.25) is 4.79 Å². The first-order chi connectivity index (χ1) is 9.63. The van der Waals surface area contributed by atoms with Gasteiger partial charge in [-0.25, -0.2) is 0 Å². The van der Waals surface area contributed by atoms with Crippen LogP contribution in [0.25, 0.3) is 0 Å². The second-order valence-corrected chi connectivity index (χ2v) is 5.64. The Balaban J connectivity index is 1.96. The number of para-hydroxylation sites is 2. The maximum atomic E-state index is 12.2.